The normalized spacial score (nSPS) is 10.7. The summed E-state index contributed by atoms with van der Waals surface area (Å²) in [6.07, 6.45) is 6.46. The number of hydrogen-bond donors (Lipinski definition) is 0. The average molecular weight is 393 g/mol. The second-order valence-electron chi connectivity index (χ2n) is 7.28. The zero-order valence-corrected chi connectivity index (χ0v) is 16.9. The number of carbonyl (C=O) groups excluding carboxylic acids is 2. The molecular weight excluding hydrogens is 362 g/mol. The average Bonchev–Trinajstić information content (AvgIpc) is 2.67. The molecule has 0 saturated heterocycles. The highest BCUT2D eigenvalue weighted by molar-refractivity contribution is 5.69. The van der Waals surface area contributed by atoms with Crippen molar-refractivity contribution >= 4 is 17.6 Å². The van der Waals surface area contributed by atoms with E-state index in [1.807, 2.05) is 13.8 Å². The lowest BCUT2D eigenvalue weighted by molar-refractivity contribution is -0.384. The highest BCUT2D eigenvalue weighted by Gasteiger charge is 2.07. The fourth-order valence-electron chi connectivity index (χ4n) is 2.53. The number of non-ortho nitro benzene ring substituents is 1. The van der Waals surface area contributed by atoms with Crippen molar-refractivity contribution in [3.63, 3.8) is 0 Å². The van der Waals surface area contributed by atoms with Crippen molar-refractivity contribution in [2.24, 2.45) is 5.92 Å². The third-order valence-corrected chi connectivity index (χ3v) is 4.14. The predicted octanol–water partition coefficient (Wildman–Crippen LogP) is 4.96. The van der Waals surface area contributed by atoms with Crippen LogP contribution in [0.1, 0.15) is 70.8 Å². The smallest absolute Gasteiger partial charge is 0.306 e. The lowest BCUT2D eigenvalue weighted by Crippen LogP contribution is -2.09. The molecule has 1 aromatic rings. The van der Waals surface area contributed by atoms with Gasteiger partial charge in [0.2, 0.25) is 0 Å². The number of hydrogen-bond acceptors (Lipinski definition) is 6. The first-order valence-corrected chi connectivity index (χ1v) is 9.93. The number of nitro benzene ring substituents is 1. The van der Waals surface area contributed by atoms with Crippen molar-refractivity contribution in [2.75, 3.05) is 6.61 Å². The van der Waals surface area contributed by atoms with Gasteiger partial charge in [-0.25, -0.2) is 0 Å². The molecule has 0 bridgehead atoms. The van der Waals surface area contributed by atoms with Gasteiger partial charge in [0.25, 0.3) is 5.69 Å². The van der Waals surface area contributed by atoms with Crippen LogP contribution in [0.25, 0.3) is 0 Å². The van der Waals surface area contributed by atoms with Crippen molar-refractivity contribution in [1.29, 1.82) is 0 Å². The van der Waals surface area contributed by atoms with Crippen molar-refractivity contribution < 1.29 is 24.0 Å². The van der Waals surface area contributed by atoms with E-state index < -0.39 is 4.92 Å². The van der Waals surface area contributed by atoms with E-state index in [2.05, 4.69) is 0 Å². The van der Waals surface area contributed by atoms with E-state index in [1.165, 1.54) is 12.1 Å². The van der Waals surface area contributed by atoms with E-state index in [1.54, 1.807) is 12.1 Å². The van der Waals surface area contributed by atoms with Crippen LogP contribution in [0.4, 0.5) is 5.69 Å². The zero-order chi connectivity index (χ0) is 20.8. The van der Waals surface area contributed by atoms with Gasteiger partial charge in [0.05, 0.1) is 11.5 Å². The van der Waals surface area contributed by atoms with Gasteiger partial charge >= 0.3 is 11.9 Å². The molecule has 1 rings (SSSR count). The lowest BCUT2D eigenvalue weighted by Gasteiger charge is -2.07. The monoisotopic (exact) mass is 393 g/mol. The first-order valence-electron chi connectivity index (χ1n) is 9.93. The maximum absolute atomic E-state index is 11.7. The van der Waals surface area contributed by atoms with Crippen LogP contribution >= 0.6 is 0 Å². The number of nitrogens with zero attached hydrogens (tertiary/aromatic N) is 1. The minimum absolute atomic E-state index is 0.0162. The van der Waals surface area contributed by atoms with Gasteiger partial charge in [-0.2, -0.15) is 0 Å². The quantitative estimate of drug-likeness (QED) is 0.192. The van der Waals surface area contributed by atoms with E-state index in [9.17, 15) is 19.7 Å². The van der Waals surface area contributed by atoms with Gasteiger partial charge < -0.3 is 9.47 Å². The van der Waals surface area contributed by atoms with Gasteiger partial charge in [0, 0.05) is 25.0 Å². The topological polar surface area (TPSA) is 95.7 Å². The number of unbranched alkanes of at least 4 members (excludes halogenated alkanes) is 5. The maximum Gasteiger partial charge on any atom is 0.306 e. The maximum atomic E-state index is 11.7. The van der Waals surface area contributed by atoms with Crippen LogP contribution in [-0.4, -0.2) is 23.5 Å². The van der Waals surface area contributed by atoms with Crippen LogP contribution in [0.5, 0.6) is 0 Å². The Kier molecular flexibility index (Phi) is 11.5. The Morgan fingerprint density at radius 1 is 0.893 bits per heavy atom. The molecule has 7 heteroatoms. The summed E-state index contributed by atoms with van der Waals surface area (Å²) in [6, 6.07) is 5.97. The summed E-state index contributed by atoms with van der Waals surface area (Å²) >= 11 is 0. The molecule has 0 heterocycles. The van der Waals surface area contributed by atoms with Crippen LogP contribution in [-0.2, 0) is 25.7 Å². The van der Waals surface area contributed by atoms with E-state index in [-0.39, 0.29) is 24.2 Å². The van der Waals surface area contributed by atoms with E-state index in [0.29, 0.717) is 25.4 Å². The molecule has 0 aliphatic rings. The fourth-order valence-corrected chi connectivity index (χ4v) is 2.53. The minimum atomic E-state index is -0.464. The summed E-state index contributed by atoms with van der Waals surface area (Å²) in [7, 11) is 0. The molecule has 0 N–H and O–H groups in total. The molecule has 0 spiro atoms. The van der Waals surface area contributed by atoms with Crippen LogP contribution in [0.3, 0.4) is 0 Å². The number of ether oxygens (including phenoxy) is 2. The number of benzene rings is 1. The third kappa shape index (κ3) is 11.3. The molecule has 28 heavy (non-hydrogen) atoms. The Morgan fingerprint density at radius 2 is 1.39 bits per heavy atom. The van der Waals surface area contributed by atoms with Gasteiger partial charge in [-0.15, -0.1) is 0 Å². The van der Waals surface area contributed by atoms with Crippen molar-refractivity contribution in [3.8, 4) is 0 Å². The highest BCUT2D eigenvalue weighted by Crippen LogP contribution is 2.13. The number of rotatable bonds is 14. The number of carbonyl (C=O) groups is 2. The minimum Gasteiger partial charge on any atom is -0.465 e. The molecule has 1 aromatic carbocycles. The molecule has 0 amide bonds. The van der Waals surface area contributed by atoms with Gasteiger partial charge in [-0.05, 0) is 36.5 Å². The molecule has 0 aliphatic heterocycles. The lowest BCUT2D eigenvalue weighted by atomic mass is 10.1. The van der Waals surface area contributed by atoms with Gasteiger partial charge in [0.15, 0.2) is 0 Å². The Labute approximate surface area is 166 Å². The summed E-state index contributed by atoms with van der Waals surface area (Å²) < 4.78 is 10.3. The van der Waals surface area contributed by atoms with E-state index in [4.69, 9.17) is 9.47 Å². The molecule has 7 nitrogen and oxygen atoms in total. The Hall–Kier alpha value is -2.44. The summed E-state index contributed by atoms with van der Waals surface area (Å²) in [5, 5.41) is 10.6. The van der Waals surface area contributed by atoms with Crippen molar-refractivity contribution in [2.45, 2.75) is 71.8 Å². The van der Waals surface area contributed by atoms with Crippen molar-refractivity contribution in [3.05, 3.63) is 39.9 Å². The first kappa shape index (κ1) is 23.6. The highest BCUT2D eigenvalue weighted by atomic mass is 16.6. The largest absolute Gasteiger partial charge is 0.465 e. The summed E-state index contributed by atoms with van der Waals surface area (Å²) in [6.45, 7) is 4.64. The van der Waals surface area contributed by atoms with Crippen LogP contribution in [0, 0.1) is 16.0 Å². The van der Waals surface area contributed by atoms with Crippen LogP contribution in [0.2, 0.25) is 0 Å². The summed E-state index contributed by atoms with van der Waals surface area (Å²) in [4.78, 5) is 33.3. The van der Waals surface area contributed by atoms with Gasteiger partial charge in [-0.3, -0.25) is 19.7 Å². The third-order valence-electron chi connectivity index (χ3n) is 4.14. The molecule has 0 fully saturated rings. The first-order chi connectivity index (χ1) is 13.4. The van der Waals surface area contributed by atoms with Crippen molar-refractivity contribution in [1.82, 2.24) is 0 Å². The zero-order valence-electron chi connectivity index (χ0n) is 16.9. The Bertz CT molecular complexity index is 612. The Morgan fingerprint density at radius 3 is 1.89 bits per heavy atom. The molecule has 0 atom stereocenters. The van der Waals surface area contributed by atoms with Crippen LogP contribution in [0.15, 0.2) is 24.3 Å². The van der Waals surface area contributed by atoms with Crippen LogP contribution < -0.4 is 0 Å². The fraction of sp³-hybridized carbons (Fsp3) is 0.619. The second kappa shape index (κ2) is 13.7. The molecule has 0 aromatic heterocycles. The number of esters is 2. The second-order valence-corrected chi connectivity index (χ2v) is 7.28. The van der Waals surface area contributed by atoms with E-state index in [0.717, 1.165) is 44.1 Å². The summed E-state index contributed by atoms with van der Waals surface area (Å²) in [5.74, 6) is -0.0134. The number of nitro groups is 1. The predicted molar refractivity (Wildman–Crippen MR) is 106 cm³/mol. The standard InChI is InChI=1S/C21H31NO6/c1-17(2)15-27-20(23)9-7-5-3-4-6-8-10-21(24)28-16-18-11-13-19(14-12-18)22(25)26/h11-14,17H,3-10,15-16H2,1-2H3. The molecule has 0 unspecified atom stereocenters. The summed E-state index contributed by atoms with van der Waals surface area (Å²) in [5.41, 5.74) is 0.744. The Balaban J connectivity index is 1.99. The van der Waals surface area contributed by atoms with E-state index >= 15 is 0 Å². The van der Waals surface area contributed by atoms with Gasteiger partial charge in [-0.1, -0.05) is 39.5 Å². The molecule has 0 aliphatic carbocycles. The molecule has 156 valence electrons. The SMILES string of the molecule is CC(C)COC(=O)CCCCCCCCC(=O)OCc1ccc([N+](=O)[O-])cc1. The molecule has 0 radical (unpaired) electrons. The molecule has 0 saturated carbocycles. The van der Waals surface area contributed by atoms with Gasteiger partial charge in [0.1, 0.15) is 6.61 Å². The molecular formula is C21H31NO6.